The molecule has 0 saturated carbocycles. The largest absolute Gasteiger partial charge is 0.382 e. The van der Waals surface area contributed by atoms with E-state index < -0.39 is 18.1 Å². The van der Waals surface area contributed by atoms with Crippen molar-refractivity contribution in [3.8, 4) is 0 Å². The third-order valence-corrected chi connectivity index (χ3v) is 7.59. The van der Waals surface area contributed by atoms with Gasteiger partial charge in [-0.25, -0.2) is 9.55 Å². The summed E-state index contributed by atoms with van der Waals surface area (Å²) in [7, 11) is 0. The fourth-order valence-corrected chi connectivity index (χ4v) is 5.62. The van der Waals surface area contributed by atoms with Gasteiger partial charge in [0.25, 0.3) is 17.7 Å². The van der Waals surface area contributed by atoms with Crippen LogP contribution in [0.2, 0.25) is 0 Å². The molecule has 5 heterocycles. The van der Waals surface area contributed by atoms with Gasteiger partial charge in [0.2, 0.25) is 6.10 Å². The maximum atomic E-state index is 13.1. The molecule has 2 saturated heterocycles. The van der Waals surface area contributed by atoms with E-state index in [0.29, 0.717) is 19.5 Å². The fraction of sp³-hybridized carbons (Fsp3) is 0.333. The molecule has 3 amide bonds. The van der Waals surface area contributed by atoms with Gasteiger partial charge >= 0.3 is 0 Å². The standard InChI is InChI=1S/C21H21N7O4S2/c22-21-24-13(11-34-21)15(26-32-14-4-5-23-17(14)29)18(30)25-16-19(31)28-9-12(10-33-20(16)28)8-27-6-2-1-3-7-27/h1-3,6-7,9,11,14,16,20H,4-5,8,10H2,(H3-,22,23,24,25,29,30)/p+1/b26-15-/t14?,16-,20+/m1/s1. The molecule has 0 bridgehead atoms. The molecule has 4 N–H and O–H groups in total. The van der Waals surface area contributed by atoms with Crippen molar-refractivity contribution in [1.82, 2.24) is 20.5 Å². The quantitative estimate of drug-likeness (QED) is 0.203. The van der Waals surface area contributed by atoms with Crippen molar-refractivity contribution in [1.29, 1.82) is 0 Å². The SMILES string of the molecule is Nc1nc(/C(=N/OC2CCNC2=O)C(=O)N[C@@H]2C(=O)N3C=C(C[n+]4ccccc4)CS[C@@H]23)cs1. The van der Waals surface area contributed by atoms with E-state index in [4.69, 9.17) is 10.6 Å². The van der Waals surface area contributed by atoms with Crippen molar-refractivity contribution in [3.05, 3.63) is 53.4 Å². The molecule has 2 fully saturated rings. The summed E-state index contributed by atoms with van der Waals surface area (Å²) in [5.41, 5.74) is 6.92. The Bertz CT molecular complexity index is 1180. The number of aromatic nitrogens is 2. The van der Waals surface area contributed by atoms with Crippen LogP contribution in [0, 0.1) is 0 Å². The van der Waals surface area contributed by atoms with Crippen molar-refractivity contribution in [2.75, 3.05) is 18.0 Å². The van der Waals surface area contributed by atoms with E-state index in [1.165, 1.54) is 0 Å². The second-order valence-corrected chi connectivity index (χ2v) is 9.91. The number of hydrogen-bond donors (Lipinski definition) is 3. The number of carbonyl (C=O) groups excluding carboxylic acids is 3. The predicted octanol–water partition coefficient (Wildman–Crippen LogP) is -0.394. The Morgan fingerprint density at radius 3 is 2.88 bits per heavy atom. The fourth-order valence-electron chi connectivity index (χ4n) is 3.82. The molecule has 0 spiro atoms. The number of fused-ring (bicyclic) bond motifs is 1. The highest BCUT2D eigenvalue weighted by Gasteiger charge is 2.50. The van der Waals surface area contributed by atoms with Crippen LogP contribution in [0.15, 0.2) is 52.9 Å². The number of oxime groups is 1. The first-order chi connectivity index (χ1) is 16.5. The number of thiazole rings is 1. The molecule has 11 nitrogen and oxygen atoms in total. The first-order valence-electron chi connectivity index (χ1n) is 10.6. The lowest BCUT2D eigenvalue weighted by Gasteiger charge is -2.47. The van der Waals surface area contributed by atoms with E-state index in [-0.39, 0.29) is 33.7 Å². The van der Waals surface area contributed by atoms with Crippen LogP contribution >= 0.6 is 23.1 Å². The van der Waals surface area contributed by atoms with Crippen molar-refractivity contribution in [2.45, 2.75) is 30.5 Å². The number of anilines is 1. The number of thioether (sulfide) groups is 1. The van der Waals surface area contributed by atoms with Crippen molar-refractivity contribution >= 4 is 51.7 Å². The first-order valence-corrected chi connectivity index (χ1v) is 12.5. The molecule has 2 aromatic heterocycles. The van der Waals surface area contributed by atoms with Gasteiger partial charge in [0.1, 0.15) is 17.1 Å². The van der Waals surface area contributed by atoms with E-state index in [1.54, 1.807) is 22.0 Å². The van der Waals surface area contributed by atoms with Gasteiger partial charge in [-0.15, -0.1) is 23.1 Å². The van der Waals surface area contributed by atoms with Gasteiger partial charge in [0, 0.05) is 48.0 Å². The minimum absolute atomic E-state index is 0.128. The molecule has 1 unspecified atom stereocenters. The van der Waals surface area contributed by atoms with Crippen LogP contribution in [0.25, 0.3) is 0 Å². The molecule has 3 aliphatic rings. The monoisotopic (exact) mass is 500 g/mol. The number of pyridine rings is 1. The lowest BCUT2D eigenvalue weighted by atomic mass is 10.1. The molecule has 3 atom stereocenters. The summed E-state index contributed by atoms with van der Waals surface area (Å²) in [6.45, 7) is 1.17. The normalized spacial score (nSPS) is 24.1. The van der Waals surface area contributed by atoms with Gasteiger partial charge in [-0.05, 0) is 0 Å². The van der Waals surface area contributed by atoms with Crippen LogP contribution in [-0.2, 0) is 25.8 Å². The minimum atomic E-state index is -0.778. The van der Waals surface area contributed by atoms with Crippen LogP contribution in [0.4, 0.5) is 5.13 Å². The summed E-state index contributed by atoms with van der Waals surface area (Å²) in [6.07, 6.45) is 5.48. The molecule has 176 valence electrons. The van der Waals surface area contributed by atoms with Gasteiger partial charge in [-0.1, -0.05) is 11.2 Å². The highest BCUT2D eigenvalue weighted by Crippen LogP contribution is 2.36. The smallest absolute Gasteiger partial charge is 0.276 e. The molecule has 0 radical (unpaired) electrons. The Morgan fingerprint density at radius 1 is 1.35 bits per heavy atom. The number of β-lactam (4-membered cyclic amide) rings is 1. The molecular weight excluding hydrogens is 478 g/mol. The van der Waals surface area contributed by atoms with E-state index >= 15 is 0 Å². The Hall–Kier alpha value is -3.45. The molecule has 0 aromatic carbocycles. The average molecular weight is 501 g/mol. The number of hydrogen-bond acceptors (Lipinski definition) is 9. The second-order valence-electron chi connectivity index (χ2n) is 7.92. The van der Waals surface area contributed by atoms with Crippen LogP contribution in [0.5, 0.6) is 0 Å². The van der Waals surface area contributed by atoms with Crippen LogP contribution < -0.4 is 20.9 Å². The number of nitrogens with zero attached hydrogens (tertiary/aromatic N) is 4. The van der Waals surface area contributed by atoms with Crippen LogP contribution in [0.1, 0.15) is 12.1 Å². The maximum Gasteiger partial charge on any atom is 0.276 e. The predicted molar refractivity (Wildman–Crippen MR) is 125 cm³/mol. The first kappa shape index (κ1) is 22.3. The summed E-state index contributed by atoms with van der Waals surface area (Å²) in [4.78, 5) is 48.7. The van der Waals surface area contributed by atoms with Gasteiger partial charge in [0.05, 0.1) is 0 Å². The molecule has 0 aliphatic carbocycles. The Kier molecular flexibility index (Phi) is 6.20. The van der Waals surface area contributed by atoms with E-state index in [1.807, 2.05) is 41.4 Å². The zero-order chi connectivity index (χ0) is 23.7. The summed E-state index contributed by atoms with van der Waals surface area (Å²) >= 11 is 2.74. The Balaban J connectivity index is 1.27. The lowest BCUT2D eigenvalue weighted by Crippen LogP contribution is -2.69. The Labute approximate surface area is 203 Å². The number of nitrogens with two attached hydrogens (primary N) is 1. The molecular formula is C21H22N7O4S2+. The van der Waals surface area contributed by atoms with E-state index in [0.717, 1.165) is 22.7 Å². The molecule has 2 aromatic rings. The van der Waals surface area contributed by atoms with Crippen molar-refractivity contribution in [2.24, 2.45) is 5.16 Å². The van der Waals surface area contributed by atoms with Gasteiger partial charge in [0.15, 0.2) is 29.8 Å². The summed E-state index contributed by atoms with van der Waals surface area (Å²) < 4.78 is 2.04. The number of rotatable bonds is 7. The lowest BCUT2D eigenvalue weighted by molar-refractivity contribution is -0.689. The van der Waals surface area contributed by atoms with Gasteiger partial charge in [-0.2, -0.15) is 0 Å². The Morgan fingerprint density at radius 2 is 2.18 bits per heavy atom. The van der Waals surface area contributed by atoms with Crippen molar-refractivity contribution in [3.63, 3.8) is 0 Å². The van der Waals surface area contributed by atoms with Crippen LogP contribution in [0.3, 0.4) is 0 Å². The average Bonchev–Trinajstić information content (AvgIpc) is 3.46. The second kappa shape index (κ2) is 9.43. The van der Waals surface area contributed by atoms with Crippen LogP contribution in [-0.4, -0.2) is 63.1 Å². The van der Waals surface area contributed by atoms with Crippen molar-refractivity contribution < 1.29 is 23.8 Å². The zero-order valence-corrected chi connectivity index (χ0v) is 19.6. The molecule has 5 rings (SSSR count). The third-order valence-electron chi connectivity index (χ3n) is 5.54. The summed E-state index contributed by atoms with van der Waals surface area (Å²) in [5, 5.41) is 11.0. The molecule has 3 aliphatic heterocycles. The number of nitrogens with one attached hydrogen (secondary N) is 2. The van der Waals surface area contributed by atoms with Gasteiger partial charge < -0.3 is 26.1 Å². The van der Waals surface area contributed by atoms with E-state index in [2.05, 4.69) is 20.8 Å². The third kappa shape index (κ3) is 4.48. The molecule has 34 heavy (non-hydrogen) atoms. The topological polar surface area (TPSA) is 143 Å². The highest BCUT2D eigenvalue weighted by atomic mass is 32.2. The number of nitrogen functional groups attached to an aromatic ring is 1. The highest BCUT2D eigenvalue weighted by molar-refractivity contribution is 8.00. The van der Waals surface area contributed by atoms with Gasteiger partial charge in [-0.3, -0.25) is 14.4 Å². The minimum Gasteiger partial charge on any atom is -0.382 e. The molecule has 13 heteroatoms. The van der Waals surface area contributed by atoms with E-state index in [9.17, 15) is 14.4 Å². The number of amides is 3. The zero-order valence-electron chi connectivity index (χ0n) is 17.9. The summed E-state index contributed by atoms with van der Waals surface area (Å²) in [6, 6.07) is 5.17. The number of carbonyl (C=O) groups is 3. The summed E-state index contributed by atoms with van der Waals surface area (Å²) in [5.74, 6) is -0.362. The maximum absolute atomic E-state index is 13.1.